The molecule has 0 bridgehead atoms. The highest BCUT2D eigenvalue weighted by molar-refractivity contribution is 7.09. The van der Waals surface area contributed by atoms with Crippen LogP contribution in [0.15, 0.2) is 17.5 Å². The van der Waals surface area contributed by atoms with Gasteiger partial charge in [-0.05, 0) is 45.1 Å². The van der Waals surface area contributed by atoms with Crippen LogP contribution in [0.25, 0.3) is 0 Å². The van der Waals surface area contributed by atoms with Crippen LogP contribution in [0.2, 0.25) is 0 Å². The number of hydrogen-bond donors (Lipinski definition) is 2. The number of hydrogen-bond acceptors (Lipinski definition) is 4. The summed E-state index contributed by atoms with van der Waals surface area (Å²) in [7, 11) is 0. The molecule has 1 heterocycles. The molecule has 2 N–H and O–H groups in total. The molecule has 122 valence electrons. The molecule has 2 atom stereocenters. The van der Waals surface area contributed by atoms with Crippen molar-refractivity contribution in [2.45, 2.75) is 58.2 Å². The largest absolute Gasteiger partial charge is 0.444 e. The smallest absolute Gasteiger partial charge is 0.407 e. The van der Waals surface area contributed by atoms with E-state index in [-0.39, 0.29) is 17.9 Å². The summed E-state index contributed by atoms with van der Waals surface area (Å²) in [5, 5.41) is 7.79. The van der Waals surface area contributed by atoms with Crippen LogP contribution >= 0.6 is 11.3 Å². The normalized spacial score (nSPS) is 21.4. The van der Waals surface area contributed by atoms with Gasteiger partial charge in [0.25, 0.3) is 0 Å². The fraction of sp³-hybridized carbons (Fsp3) is 0.625. The molecule has 0 aliphatic heterocycles. The average Bonchev–Trinajstić information content (AvgIpc) is 3.04. The van der Waals surface area contributed by atoms with Crippen molar-refractivity contribution < 1.29 is 14.3 Å². The summed E-state index contributed by atoms with van der Waals surface area (Å²) in [5.41, 5.74) is -0.528. The highest BCUT2D eigenvalue weighted by Gasteiger charge is 2.34. The van der Waals surface area contributed by atoms with E-state index in [0.29, 0.717) is 6.54 Å². The summed E-state index contributed by atoms with van der Waals surface area (Å²) in [6, 6.07) is 3.82. The lowest BCUT2D eigenvalue weighted by atomic mass is 10.0. The maximum atomic E-state index is 12.3. The Morgan fingerprint density at radius 3 is 2.77 bits per heavy atom. The monoisotopic (exact) mass is 324 g/mol. The predicted molar refractivity (Wildman–Crippen MR) is 86.7 cm³/mol. The van der Waals surface area contributed by atoms with E-state index in [2.05, 4.69) is 10.6 Å². The van der Waals surface area contributed by atoms with Gasteiger partial charge in [0, 0.05) is 10.9 Å². The summed E-state index contributed by atoms with van der Waals surface area (Å²) in [4.78, 5) is 25.3. The zero-order valence-electron chi connectivity index (χ0n) is 13.3. The molecule has 0 saturated heterocycles. The number of amides is 2. The standard InChI is InChI=1S/C16H24N2O3S/c1-16(2,3)21-15(20)18-13-8-4-7-12(13)14(19)17-10-11-6-5-9-22-11/h5-6,9,12-13H,4,7-8,10H2,1-3H3,(H,17,19)(H,18,20)/t12-,13-/m1/s1. The van der Waals surface area contributed by atoms with Gasteiger partial charge in [-0.15, -0.1) is 11.3 Å². The zero-order chi connectivity index (χ0) is 16.2. The van der Waals surface area contributed by atoms with E-state index in [1.54, 1.807) is 11.3 Å². The Balaban J connectivity index is 1.84. The third-order valence-corrected chi connectivity index (χ3v) is 4.45. The lowest BCUT2D eigenvalue weighted by Gasteiger charge is -2.24. The van der Waals surface area contributed by atoms with E-state index >= 15 is 0 Å². The molecule has 5 nitrogen and oxygen atoms in total. The SMILES string of the molecule is CC(C)(C)OC(=O)N[C@@H]1CCC[C@H]1C(=O)NCc1cccs1. The quantitative estimate of drug-likeness (QED) is 0.894. The molecule has 2 rings (SSSR count). The van der Waals surface area contributed by atoms with Crippen molar-refractivity contribution in [2.24, 2.45) is 5.92 Å². The highest BCUT2D eigenvalue weighted by Crippen LogP contribution is 2.26. The first-order chi connectivity index (χ1) is 10.3. The first-order valence-electron chi connectivity index (χ1n) is 7.65. The summed E-state index contributed by atoms with van der Waals surface area (Å²) < 4.78 is 5.27. The van der Waals surface area contributed by atoms with Crippen molar-refractivity contribution in [3.8, 4) is 0 Å². The highest BCUT2D eigenvalue weighted by atomic mass is 32.1. The Labute approximate surface area is 135 Å². The Morgan fingerprint density at radius 2 is 2.14 bits per heavy atom. The number of alkyl carbamates (subject to hydrolysis) is 1. The molecule has 1 aromatic heterocycles. The summed E-state index contributed by atoms with van der Waals surface area (Å²) in [6.45, 7) is 6.03. The molecule has 22 heavy (non-hydrogen) atoms. The summed E-state index contributed by atoms with van der Waals surface area (Å²) >= 11 is 1.62. The Hall–Kier alpha value is -1.56. The fourth-order valence-corrected chi connectivity index (χ4v) is 3.27. The van der Waals surface area contributed by atoms with E-state index in [1.807, 2.05) is 38.3 Å². The van der Waals surface area contributed by atoms with E-state index < -0.39 is 11.7 Å². The van der Waals surface area contributed by atoms with Crippen LogP contribution in [0.3, 0.4) is 0 Å². The van der Waals surface area contributed by atoms with Gasteiger partial charge in [-0.2, -0.15) is 0 Å². The molecular formula is C16H24N2O3S. The van der Waals surface area contributed by atoms with Crippen molar-refractivity contribution in [3.63, 3.8) is 0 Å². The first kappa shape index (κ1) is 16.8. The molecule has 1 saturated carbocycles. The van der Waals surface area contributed by atoms with Crippen LogP contribution in [0.5, 0.6) is 0 Å². The second-order valence-corrected chi connectivity index (χ2v) is 7.62. The van der Waals surface area contributed by atoms with Crippen molar-refractivity contribution in [1.82, 2.24) is 10.6 Å². The number of thiophene rings is 1. The minimum Gasteiger partial charge on any atom is -0.444 e. The lowest BCUT2D eigenvalue weighted by Crippen LogP contribution is -2.45. The second kappa shape index (κ2) is 7.13. The molecule has 0 radical (unpaired) electrons. The van der Waals surface area contributed by atoms with Gasteiger partial charge in [-0.3, -0.25) is 4.79 Å². The third-order valence-electron chi connectivity index (χ3n) is 3.57. The molecule has 1 fully saturated rings. The predicted octanol–water partition coefficient (Wildman–Crippen LogP) is 3.06. The second-order valence-electron chi connectivity index (χ2n) is 6.59. The molecule has 0 spiro atoms. The van der Waals surface area contributed by atoms with Crippen LogP contribution in [0.1, 0.15) is 44.9 Å². The van der Waals surface area contributed by atoms with Crippen LogP contribution in [0.4, 0.5) is 4.79 Å². The Bertz CT molecular complexity index is 508. The van der Waals surface area contributed by atoms with Gasteiger partial charge in [0.1, 0.15) is 5.60 Å². The van der Waals surface area contributed by atoms with Gasteiger partial charge in [0.15, 0.2) is 0 Å². The minimum atomic E-state index is -0.528. The van der Waals surface area contributed by atoms with Crippen molar-refractivity contribution in [2.75, 3.05) is 0 Å². The molecule has 1 aromatic rings. The maximum Gasteiger partial charge on any atom is 0.407 e. The number of nitrogens with one attached hydrogen (secondary N) is 2. The summed E-state index contributed by atoms with van der Waals surface area (Å²) in [5.74, 6) is -0.167. The molecule has 1 aliphatic rings. The van der Waals surface area contributed by atoms with Crippen LogP contribution < -0.4 is 10.6 Å². The lowest BCUT2D eigenvalue weighted by molar-refractivity contribution is -0.125. The van der Waals surface area contributed by atoms with Gasteiger partial charge in [-0.1, -0.05) is 12.5 Å². The number of carbonyl (C=O) groups excluding carboxylic acids is 2. The van der Waals surface area contributed by atoms with E-state index in [4.69, 9.17) is 4.74 Å². The topological polar surface area (TPSA) is 67.4 Å². The van der Waals surface area contributed by atoms with E-state index in [0.717, 1.165) is 24.1 Å². The maximum absolute atomic E-state index is 12.3. The molecule has 1 aliphatic carbocycles. The molecule has 6 heteroatoms. The van der Waals surface area contributed by atoms with Gasteiger partial charge >= 0.3 is 6.09 Å². The summed E-state index contributed by atoms with van der Waals surface area (Å²) in [6.07, 6.45) is 2.11. The zero-order valence-corrected chi connectivity index (χ0v) is 14.2. The van der Waals surface area contributed by atoms with Crippen molar-refractivity contribution in [1.29, 1.82) is 0 Å². The molecule has 0 aromatic carbocycles. The van der Waals surface area contributed by atoms with Crippen LogP contribution in [-0.4, -0.2) is 23.6 Å². The molecule has 2 amide bonds. The van der Waals surface area contributed by atoms with E-state index in [1.165, 1.54) is 0 Å². The van der Waals surface area contributed by atoms with Crippen molar-refractivity contribution in [3.05, 3.63) is 22.4 Å². The van der Waals surface area contributed by atoms with Crippen LogP contribution in [-0.2, 0) is 16.1 Å². The Kier molecular flexibility index (Phi) is 5.45. The Morgan fingerprint density at radius 1 is 1.36 bits per heavy atom. The number of carbonyl (C=O) groups is 2. The minimum absolute atomic E-state index is 0.00644. The fourth-order valence-electron chi connectivity index (χ4n) is 2.62. The van der Waals surface area contributed by atoms with Gasteiger partial charge in [0.2, 0.25) is 5.91 Å². The average molecular weight is 324 g/mol. The van der Waals surface area contributed by atoms with E-state index in [9.17, 15) is 9.59 Å². The molecule has 0 unspecified atom stereocenters. The molecular weight excluding hydrogens is 300 g/mol. The number of ether oxygens (including phenoxy) is 1. The first-order valence-corrected chi connectivity index (χ1v) is 8.53. The third kappa shape index (κ3) is 5.02. The van der Waals surface area contributed by atoms with Gasteiger partial charge in [0.05, 0.1) is 12.5 Å². The van der Waals surface area contributed by atoms with Gasteiger partial charge in [-0.25, -0.2) is 4.79 Å². The van der Waals surface area contributed by atoms with Crippen LogP contribution in [0, 0.1) is 5.92 Å². The van der Waals surface area contributed by atoms with Crippen molar-refractivity contribution >= 4 is 23.3 Å². The number of rotatable bonds is 4. The van der Waals surface area contributed by atoms with Gasteiger partial charge < -0.3 is 15.4 Å².